The van der Waals surface area contributed by atoms with Crippen LogP contribution in [0.25, 0.3) is 33.0 Å². The molecular weight excluding hydrogens is 376 g/mol. The Morgan fingerprint density at radius 3 is 2.71 bits per heavy atom. The van der Waals surface area contributed by atoms with Gasteiger partial charge in [-0.25, -0.2) is 9.97 Å². The zero-order chi connectivity index (χ0) is 20.0. The molecule has 0 bridgehead atoms. The van der Waals surface area contributed by atoms with E-state index in [9.17, 15) is 4.79 Å². The molecule has 0 aliphatic heterocycles. The smallest absolute Gasteiger partial charge is 0.267 e. The highest BCUT2D eigenvalue weighted by Gasteiger charge is 2.22. The summed E-state index contributed by atoms with van der Waals surface area (Å²) in [6.45, 7) is 5.02. The van der Waals surface area contributed by atoms with Gasteiger partial charge in [0.25, 0.3) is 5.91 Å². The predicted molar refractivity (Wildman–Crippen MR) is 108 cm³/mol. The Bertz CT molecular complexity index is 1200. The summed E-state index contributed by atoms with van der Waals surface area (Å²) in [5, 5.41) is 10.4. The van der Waals surface area contributed by atoms with Crippen LogP contribution in [0.1, 0.15) is 28.0 Å². The third-order valence-electron chi connectivity index (χ3n) is 4.53. The highest BCUT2D eigenvalue weighted by atomic mass is 32.1. The van der Waals surface area contributed by atoms with E-state index in [1.807, 2.05) is 24.6 Å². The minimum Gasteiger partial charge on any atom is -0.364 e. The summed E-state index contributed by atoms with van der Waals surface area (Å²) in [7, 11) is 1.80. The van der Waals surface area contributed by atoms with Gasteiger partial charge in [-0.3, -0.25) is 14.2 Å². The lowest BCUT2D eigenvalue weighted by Gasteiger charge is -2.05. The number of aryl methyl sites for hydroxylation is 3. The molecule has 0 aromatic carbocycles. The van der Waals surface area contributed by atoms with Crippen molar-refractivity contribution in [3.8, 4) is 22.1 Å². The molecule has 0 saturated carbocycles. The number of nitrogens with zero attached hydrogens (tertiary/aromatic N) is 6. The van der Waals surface area contributed by atoms with Crippen molar-refractivity contribution in [1.29, 1.82) is 0 Å². The summed E-state index contributed by atoms with van der Waals surface area (Å²) >= 11 is 1.50. The van der Waals surface area contributed by atoms with Gasteiger partial charge >= 0.3 is 0 Å². The SMILES string of the molecule is CCn1nc(C)cc1-c1nc(-c2nc(C(N)=O)cc3c2cnn3C)c(CN)s1. The van der Waals surface area contributed by atoms with Crippen molar-refractivity contribution < 1.29 is 4.79 Å². The second-order valence-corrected chi connectivity index (χ2v) is 7.49. The number of hydrogen-bond acceptors (Lipinski definition) is 7. The van der Waals surface area contributed by atoms with Crippen LogP contribution in [0.3, 0.4) is 0 Å². The van der Waals surface area contributed by atoms with Gasteiger partial charge < -0.3 is 11.5 Å². The second-order valence-electron chi connectivity index (χ2n) is 6.40. The number of amides is 1. The summed E-state index contributed by atoms with van der Waals surface area (Å²) in [6, 6.07) is 3.64. The first-order valence-electron chi connectivity index (χ1n) is 8.80. The molecule has 28 heavy (non-hydrogen) atoms. The number of carbonyl (C=O) groups excluding carboxylic acids is 1. The number of primary amides is 1. The number of fused-ring (bicyclic) bond motifs is 1. The third kappa shape index (κ3) is 2.86. The Labute approximate surface area is 165 Å². The fourth-order valence-electron chi connectivity index (χ4n) is 3.19. The average molecular weight is 396 g/mol. The van der Waals surface area contributed by atoms with E-state index >= 15 is 0 Å². The molecule has 0 aliphatic carbocycles. The topological polar surface area (TPSA) is 131 Å². The first-order chi connectivity index (χ1) is 13.4. The first kappa shape index (κ1) is 18.3. The Balaban J connectivity index is 1.97. The van der Waals surface area contributed by atoms with E-state index in [0.717, 1.165) is 38.7 Å². The van der Waals surface area contributed by atoms with Crippen molar-refractivity contribution in [2.24, 2.45) is 18.5 Å². The van der Waals surface area contributed by atoms with Gasteiger partial charge in [0.2, 0.25) is 0 Å². The molecule has 1 amide bonds. The number of nitrogens with two attached hydrogens (primary N) is 2. The van der Waals surface area contributed by atoms with Gasteiger partial charge in [0, 0.05) is 30.4 Å². The van der Waals surface area contributed by atoms with Gasteiger partial charge in [0.05, 0.1) is 23.1 Å². The molecule has 9 nitrogen and oxygen atoms in total. The highest BCUT2D eigenvalue weighted by Crippen LogP contribution is 2.36. The summed E-state index contributed by atoms with van der Waals surface area (Å²) in [5.41, 5.74) is 15.5. The molecule has 0 radical (unpaired) electrons. The van der Waals surface area contributed by atoms with Crippen LogP contribution in [-0.4, -0.2) is 35.4 Å². The minimum absolute atomic E-state index is 0.165. The van der Waals surface area contributed by atoms with E-state index in [4.69, 9.17) is 16.5 Å². The van der Waals surface area contributed by atoms with E-state index in [1.165, 1.54) is 11.3 Å². The largest absolute Gasteiger partial charge is 0.364 e. The zero-order valence-corrected chi connectivity index (χ0v) is 16.6. The van der Waals surface area contributed by atoms with Crippen molar-refractivity contribution in [2.75, 3.05) is 0 Å². The molecule has 4 N–H and O–H groups in total. The van der Waals surface area contributed by atoms with Gasteiger partial charge in [-0.05, 0) is 26.0 Å². The molecule has 4 heterocycles. The lowest BCUT2D eigenvalue weighted by Crippen LogP contribution is -2.14. The quantitative estimate of drug-likeness (QED) is 0.529. The van der Waals surface area contributed by atoms with Crippen LogP contribution in [0.5, 0.6) is 0 Å². The number of rotatable bonds is 5. The molecule has 0 aliphatic rings. The second kappa shape index (κ2) is 6.80. The maximum Gasteiger partial charge on any atom is 0.267 e. The number of aromatic nitrogens is 6. The number of pyridine rings is 1. The van der Waals surface area contributed by atoms with Crippen LogP contribution >= 0.6 is 11.3 Å². The summed E-state index contributed by atoms with van der Waals surface area (Å²) in [6.07, 6.45) is 1.71. The molecule has 4 aromatic rings. The van der Waals surface area contributed by atoms with E-state index < -0.39 is 5.91 Å². The third-order valence-corrected chi connectivity index (χ3v) is 5.63. The van der Waals surface area contributed by atoms with Crippen molar-refractivity contribution in [3.05, 3.63) is 34.6 Å². The fraction of sp³-hybridized carbons (Fsp3) is 0.278. The molecular formula is C18H20N8OS. The van der Waals surface area contributed by atoms with E-state index in [2.05, 4.69) is 15.2 Å². The Hall–Kier alpha value is -3.11. The van der Waals surface area contributed by atoms with Crippen molar-refractivity contribution in [1.82, 2.24) is 29.5 Å². The van der Waals surface area contributed by atoms with Crippen LogP contribution in [0.2, 0.25) is 0 Å². The van der Waals surface area contributed by atoms with E-state index in [1.54, 1.807) is 24.0 Å². The van der Waals surface area contributed by atoms with Crippen LogP contribution in [0, 0.1) is 6.92 Å². The Morgan fingerprint density at radius 2 is 2.04 bits per heavy atom. The summed E-state index contributed by atoms with van der Waals surface area (Å²) < 4.78 is 3.59. The standard InChI is InChI=1S/C18H20N8OS/c1-4-26-13(5-9(2)24-26)18-23-16(14(7-19)28-18)15-10-8-21-25(3)12(10)6-11(22-15)17(20)27/h5-6,8H,4,7,19H2,1-3H3,(H2,20,27). The monoisotopic (exact) mass is 396 g/mol. The van der Waals surface area contributed by atoms with Gasteiger partial charge in [-0.2, -0.15) is 10.2 Å². The predicted octanol–water partition coefficient (Wildman–Crippen LogP) is 1.84. The minimum atomic E-state index is -0.603. The zero-order valence-electron chi connectivity index (χ0n) is 15.8. The van der Waals surface area contributed by atoms with Gasteiger partial charge in [0.1, 0.15) is 22.1 Å². The number of thiazole rings is 1. The van der Waals surface area contributed by atoms with Crippen LogP contribution in [0.15, 0.2) is 18.3 Å². The average Bonchev–Trinajstić information content (AvgIpc) is 3.37. The molecule has 0 unspecified atom stereocenters. The Kier molecular flexibility index (Phi) is 4.44. The highest BCUT2D eigenvalue weighted by molar-refractivity contribution is 7.15. The van der Waals surface area contributed by atoms with Crippen LogP contribution in [0.4, 0.5) is 0 Å². The van der Waals surface area contributed by atoms with Gasteiger partial charge in [-0.1, -0.05) is 0 Å². The van der Waals surface area contributed by atoms with Crippen molar-refractivity contribution in [3.63, 3.8) is 0 Å². The lowest BCUT2D eigenvalue weighted by molar-refractivity contribution is 0.0996. The van der Waals surface area contributed by atoms with Crippen molar-refractivity contribution >= 4 is 28.1 Å². The van der Waals surface area contributed by atoms with E-state index in [0.29, 0.717) is 17.9 Å². The summed E-state index contributed by atoms with van der Waals surface area (Å²) in [5.74, 6) is -0.603. The fourth-order valence-corrected chi connectivity index (χ4v) is 4.15. The molecule has 10 heteroatoms. The molecule has 0 saturated heterocycles. The van der Waals surface area contributed by atoms with Gasteiger partial charge in [0.15, 0.2) is 0 Å². The normalized spacial score (nSPS) is 11.4. The molecule has 4 aromatic heterocycles. The maximum atomic E-state index is 11.8. The van der Waals surface area contributed by atoms with E-state index in [-0.39, 0.29) is 5.69 Å². The molecule has 0 spiro atoms. The summed E-state index contributed by atoms with van der Waals surface area (Å²) in [4.78, 5) is 22.0. The molecule has 0 atom stereocenters. The Morgan fingerprint density at radius 1 is 1.25 bits per heavy atom. The maximum absolute atomic E-state index is 11.8. The molecule has 144 valence electrons. The lowest BCUT2D eigenvalue weighted by atomic mass is 10.1. The van der Waals surface area contributed by atoms with Gasteiger partial charge in [-0.15, -0.1) is 11.3 Å². The van der Waals surface area contributed by atoms with Crippen LogP contribution < -0.4 is 11.5 Å². The molecule has 4 rings (SSSR count). The van der Waals surface area contributed by atoms with Crippen LogP contribution in [-0.2, 0) is 20.1 Å². The van der Waals surface area contributed by atoms with Crippen molar-refractivity contribution in [2.45, 2.75) is 26.9 Å². The number of hydrogen-bond donors (Lipinski definition) is 2. The number of carbonyl (C=O) groups is 1. The first-order valence-corrected chi connectivity index (χ1v) is 9.62. The molecule has 0 fully saturated rings.